The topological polar surface area (TPSA) is 37.8 Å². The molecule has 1 heterocycles. The van der Waals surface area contributed by atoms with Gasteiger partial charge in [0.2, 0.25) is 0 Å². The van der Waals surface area contributed by atoms with E-state index in [1.165, 1.54) is 17.8 Å². The second kappa shape index (κ2) is 6.33. The zero-order valence-electron chi connectivity index (χ0n) is 12.1. The summed E-state index contributed by atoms with van der Waals surface area (Å²) in [7, 11) is 1.82. The summed E-state index contributed by atoms with van der Waals surface area (Å²) in [5.41, 5.74) is 2.49. The van der Waals surface area contributed by atoms with Crippen LogP contribution in [0.3, 0.4) is 0 Å². The van der Waals surface area contributed by atoms with Gasteiger partial charge in [0.25, 0.3) is 0 Å². The van der Waals surface area contributed by atoms with Crippen LogP contribution in [-0.4, -0.2) is 17.0 Å². The van der Waals surface area contributed by atoms with Crippen molar-refractivity contribution in [3.63, 3.8) is 0 Å². The molecule has 1 aromatic heterocycles. The van der Waals surface area contributed by atoms with Crippen molar-refractivity contribution in [3.05, 3.63) is 47.0 Å². The van der Waals surface area contributed by atoms with E-state index in [9.17, 15) is 4.39 Å². The monoisotopic (exact) mass is 291 g/mol. The first-order valence-corrected chi connectivity index (χ1v) is 7.28. The first-order chi connectivity index (χ1) is 9.51. The fraction of sp³-hybridized carbons (Fsp3) is 0.333. The number of nitrogens with one attached hydrogen (secondary N) is 1. The van der Waals surface area contributed by atoms with Gasteiger partial charge < -0.3 is 5.32 Å². The average molecular weight is 291 g/mol. The Morgan fingerprint density at radius 2 is 1.85 bits per heavy atom. The molecule has 0 saturated carbocycles. The van der Waals surface area contributed by atoms with Crippen molar-refractivity contribution in [2.75, 3.05) is 7.05 Å². The highest BCUT2D eigenvalue weighted by Crippen LogP contribution is 2.33. The summed E-state index contributed by atoms with van der Waals surface area (Å²) in [5.74, 6) is -0.207. The Morgan fingerprint density at radius 1 is 1.20 bits per heavy atom. The van der Waals surface area contributed by atoms with E-state index in [1.54, 1.807) is 6.07 Å². The standard InChI is InChI=1S/C15H18FN3S/c1-9-8-10(2)19-15(18-9)20-13-7-5-6-12(16)14(13)11(3)17-4/h5-8,11,17H,1-4H3. The third-order valence-electron chi connectivity index (χ3n) is 3.04. The molecular weight excluding hydrogens is 273 g/mol. The molecule has 0 aliphatic heterocycles. The van der Waals surface area contributed by atoms with Gasteiger partial charge in [-0.3, -0.25) is 0 Å². The molecule has 0 fully saturated rings. The van der Waals surface area contributed by atoms with E-state index in [0.29, 0.717) is 10.7 Å². The molecule has 0 spiro atoms. The zero-order chi connectivity index (χ0) is 14.7. The Bertz CT molecular complexity index is 596. The minimum atomic E-state index is -0.207. The summed E-state index contributed by atoms with van der Waals surface area (Å²) in [6.45, 7) is 5.80. The van der Waals surface area contributed by atoms with Crippen molar-refractivity contribution < 1.29 is 4.39 Å². The molecule has 0 aliphatic rings. The van der Waals surface area contributed by atoms with E-state index in [-0.39, 0.29) is 11.9 Å². The van der Waals surface area contributed by atoms with Gasteiger partial charge in [-0.25, -0.2) is 14.4 Å². The number of aryl methyl sites for hydroxylation is 2. The van der Waals surface area contributed by atoms with Crippen LogP contribution in [0.5, 0.6) is 0 Å². The number of rotatable bonds is 4. The lowest BCUT2D eigenvalue weighted by atomic mass is 10.1. The molecule has 0 aliphatic carbocycles. The summed E-state index contributed by atoms with van der Waals surface area (Å²) >= 11 is 1.40. The molecule has 5 heteroatoms. The maximum Gasteiger partial charge on any atom is 0.192 e. The van der Waals surface area contributed by atoms with Crippen molar-refractivity contribution >= 4 is 11.8 Å². The van der Waals surface area contributed by atoms with Gasteiger partial charge in [-0.1, -0.05) is 6.07 Å². The number of hydrogen-bond acceptors (Lipinski definition) is 4. The van der Waals surface area contributed by atoms with Crippen LogP contribution < -0.4 is 5.32 Å². The van der Waals surface area contributed by atoms with Crippen molar-refractivity contribution in [1.82, 2.24) is 15.3 Å². The maximum absolute atomic E-state index is 14.1. The summed E-state index contributed by atoms with van der Waals surface area (Å²) in [5, 5.41) is 3.73. The summed E-state index contributed by atoms with van der Waals surface area (Å²) in [4.78, 5) is 9.63. The van der Waals surface area contributed by atoms with Crippen LogP contribution in [0.4, 0.5) is 4.39 Å². The molecule has 1 N–H and O–H groups in total. The van der Waals surface area contributed by atoms with E-state index < -0.39 is 0 Å². The number of benzene rings is 1. The lowest BCUT2D eigenvalue weighted by Crippen LogP contribution is -2.15. The van der Waals surface area contributed by atoms with Crippen molar-refractivity contribution in [2.24, 2.45) is 0 Å². The van der Waals surface area contributed by atoms with Crippen LogP contribution in [0.2, 0.25) is 0 Å². The quantitative estimate of drug-likeness (QED) is 0.872. The minimum absolute atomic E-state index is 0.0652. The second-order valence-electron chi connectivity index (χ2n) is 4.70. The molecule has 1 aromatic carbocycles. The highest BCUT2D eigenvalue weighted by atomic mass is 32.2. The van der Waals surface area contributed by atoms with E-state index in [2.05, 4.69) is 15.3 Å². The third-order valence-corrected chi connectivity index (χ3v) is 3.98. The predicted molar refractivity (Wildman–Crippen MR) is 79.5 cm³/mol. The zero-order valence-corrected chi connectivity index (χ0v) is 12.9. The van der Waals surface area contributed by atoms with E-state index >= 15 is 0 Å². The molecule has 1 unspecified atom stereocenters. The third kappa shape index (κ3) is 3.35. The lowest BCUT2D eigenvalue weighted by molar-refractivity contribution is 0.552. The molecule has 106 valence electrons. The number of aromatic nitrogens is 2. The van der Waals surface area contributed by atoms with Gasteiger partial charge in [0.15, 0.2) is 5.16 Å². The Labute approximate surface area is 123 Å². The molecule has 0 amide bonds. The largest absolute Gasteiger partial charge is 0.313 e. The lowest BCUT2D eigenvalue weighted by Gasteiger charge is -2.16. The summed E-state index contributed by atoms with van der Waals surface area (Å²) in [6.07, 6.45) is 0. The first kappa shape index (κ1) is 14.9. The molecule has 0 radical (unpaired) electrons. The van der Waals surface area contributed by atoms with Crippen LogP contribution in [0.25, 0.3) is 0 Å². The molecule has 3 nitrogen and oxygen atoms in total. The Kier molecular flexibility index (Phi) is 4.73. The molecule has 2 rings (SSSR count). The maximum atomic E-state index is 14.1. The van der Waals surface area contributed by atoms with E-state index in [1.807, 2.05) is 40.0 Å². The van der Waals surface area contributed by atoms with E-state index in [0.717, 1.165) is 16.3 Å². The van der Waals surface area contributed by atoms with Gasteiger partial charge in [-0.2, -0.15) is 0 Å². The van der Waals surface area contributed by atoms with Gasteiger partial charge in [-0.15, -0.1) is 0 Å². The number of halogens is 1. The van der Waals surface area contributed by atoms with Crippen LogP contribution in [0, 0.1) is 19.7 Å². The minimum Gasteiger partial charge on any atom is -0.313 e. The van der Waals surface area contributed by atoms with Gasteiger partial charge in [0.1, 0.15) is 5.82 Å². The molecule has 20 heavy (non-hydrogen) atoms. The van der Waals surface area contributed by atoms with Crippen molar-refractivity contribution in [3.8, 4) is 0 Å². The Morgan fingerprint density at radius 3 is 2.45 bits per heavy atom. The predicted octanol–water partition coefficient (Wildman–Crippen LogP) is 3.66. The van der Waals surface area contributed by atoms with E-state index in [4.69, 9.17) is 0 Å². The van der Waals surface area contributed by atoms with Crippen LogP contribution in [0.1, 0.15) is 29.9 Å². The SMILES string of the molecule is CNC(C)c1c(F)cccc1Sc1nc(C)cc(C)n1. The van der Waals surface area contributed by atoms with Crippen LogP contribution >= 0.6 is 11.8 Å². The molecule has 0 saturated heterocycles. The van der Waals surface area contributed by atoms with Gasteiger partial charge >= 0.3 is 0 Å². The van der Waals surface area contributed by atoms with Crippen molar-refractivity contribution in [2.45, 2.75) is 36.9 Å². The van der Waals surface area contributed by atoms with Crippen molar-refractivity contribution in [1.29, 1.82) is 0 Å². The average Bonchev–Trinajstić information content (AvgIpc) is 2.37. The highest BCUT2D eigenvalue weighted by Gasteiger charge is 2.16. The Balaban J connectivity index is 2.40. The summed E-state index contributed by atoms with van der Waals surface area (Å²) < 4.78 is 14.1. The van der Waals surface area contributed by atoms with Gasteiger partial charge in [0.05, 0.1) is 0 Å². The van der Waals surface area contributed by atoms with Gasteiger partial charge in [0, 0.05) is 27.9 Å². The molecule has 2 aromatic rings. The normalized spacial score (nSPS) is 12.4. The smallest absolute Gasteiger partial charge is 0.192 e. The molecule has 0 bridgehead atoms. The van der Waals surface area contributed by atoms with Crippen LogP contribution in [0.15, 0.2) is 34.3 Å². The fourth-order valence-electron chi connectivity index (χ4n) is 2.01. The van der Waals surface area contributed by atoms with Crippen LogP contribution in [-0.2, 0) is 0 Å². The fourth-order valence-corrected chi connectivity index (χ4v) is 3.12. The highest BCUT2D eigenvalue weighted by molar-refractivity contribution is 7.99. The second-order valence-corrected chi connectivity index (χ2v) is 5.71. The first-order valence-electron chi connectivity index (χ1n) is 6.47. The summed E-state index contributed by atoms with van der Waals surface area (Å²) in [6, 6.07) is 6.96. The Hall–Kier alpha value is -1.46. The number of nitrogens with zero attached hydrogens (tertiary/aromatic N) is 2. The molecular formula is C15H18FN3S. The molecule has 1 atom stereocenters. The number of hydrogen-bond donors (Lipinski definition) is 1. The van der Waals surface area contributed by atoms with Gasteiger partial charge in [-0.05, 0) is 57.8 Å².